The second-order valence-corrected chi connectivity index (χ2v) is 6.53. The number of carbonyl (C=O) groups is 1. The van der Waals surface area contributed by atoms with Crippen molar-refractivity contribution in [1.82, 2.24) is 20.1 Å². The molecule has 0 radical (unpaired) electrons. The Hall–Kier alpha value is -2.50. The van der Waals surface area contributed by atoms with Crippen LogP contribution in [0, 0.1) is 5.92 Å². The van der Waals surface area contributed by atoms with E-state index in [0.29, 0.717) is 36.4 Å². The van der Waals surface area contributed by atoms with Gasteiger partial charge in [0.1, 0.15) is 0 Å². The van der Waals surface area contributed by atoms with Gasteiger partial charge in [0.15, 0.2) is 0 Å². The highest BCUT2D eigenvalue weighted by atomic mass is 16.5. The first-order chi connectivity index (χ1) is 11.8. The Morgan fingerprint density at radius 3 is 2.83 bits per heavy atom. The molecule has 1 unspecified atom stereocenters. The molecule has 1 atom stereocenters. The summed E-state index contributed by atoms with van der Waals surface area (Å²) in [4.78, 5) is 18.3. The molecule has 6 heteroatoms. The van der Waals surface area contributed by atoms with Crippen molar-refractivity contribution in [2.24, 2.45) is 5.92 Å². The summed E-state index contributed by atoms with van der Waals surface area (Å²) in [6.07, 6.45) is 6.67. The third kappa shape index (κ3) is 3.37. The molecular formula is C18H20N4O2. The fourth-order valence-corrected chi connectivity index (χ4v) is 3.03. The molecule has 1 amide bonds. The first kappa shape index (κ1) is 15.1. The molecule has 24 heavy (non-hydrogen) atoms. The number of hydrogen-bond acceptors (Lipinski definition) is 5. The Kier molecular flexibility index (Phi) is 4.11. The molecule has 3 heterocycles. The van der Waals surface area contributed by atoms with Crippen LogP contribution in [0.4, 0.5) is 0 Å². The number of carbonyl (C=O) groups excluding carboxylic acids is 1. The molecule has 0 bridgehead atoms. The van der Waals surface area contributed by atoms with Crippen molar-refractivity contribution >= 4 is 5.91 Å². The van der Waals surface area contributed by atoms with Gasteiger partial charge in [0, 0.05) is 43.4 Å². The molecule has 2 aromatic heterocycles. The summed E-state index contributed by atoms with van der Waals surface area (Å²) in [6.45, 7) is 2.03. The first-order valence-electron chi connectivity index (χ1n) is 8.45. The van der Waals surface area contributed by atoms with Crippen LogP contribution in [0.5, 0.6) is 5.88 Å². The quantitative estimate of drug-likeness (QED) is 0.844. The lowest BCUT2D eigenvalue weighted by molar-refractivity contribution is 0.0782. The van der Waals surface area contributed by atoms with Crippen LogP contribution in [0.2, 0.25) is 0 Å². The largest absolute Gasteiger partial charge is 0.476 e. The number of likely N-dealkylation sites (tertiary alicyclic amines) is 1. The van der Waals surface area contributed by atoms with Gasteiger partial charge in [-0.15, -0.1) is 5.10 Å². The third-order valence-corrected chi connectivity index (χ3v) is 4.60. The van der Waals surface area contributed by atoms with Gasteiger partial charge >= 0.3 is 0 Å². The smallest absolute Gasteiger partial charge is 0.255 e. The molecule has 2 fully saturated rings. The van der Waals surface area contributed by atoms with Gasteiger partial charge in [-0.25, -0.2) is 0 Å². The van der Waals surface area contributed by atoms with Gasteiger partial charge < -0.3 is 9.64 Å². The maximum Gasteiger partial charge on any atom is 0.255 e. The SMILES string of the molecule is O=C(c1cccnc1)N1CCC(COc2ccc(C3CC3)nn2)C1. The van der Waals surface area contributed by atoms with Gasteiger partial charge in [0.25, 0.3) is 5.91 Å². The predicted molar refractivity (Wildman–Crippen MR) is 87.7 cm³/mol. The molecule has 1 saturated carbocycles. The summed E-state index contributed by atoms with van der Waals surface area (Å²) < 4.78 is 5.75. The number of ether oxygens (including phenoxy) is 1. The van der Waals surface area contributed by atoms with E-state index >= 15 is 0 Å². The zero-order valence-corrected chi connectivity index (χ0v) is 13.5. The highest BCUT2D eigenvalue weighted by Gasteiger charge is 2.28. The normalized spacial score (nSPS) is 20.2. The molecule has 2 aliphatic rings. The maximum atomic E-state index is 12.4. The lowest BCUT2D eigenvalue weighted by Crippen LogP contribution is -2.29. The van der Waals surface area contributed by atoms with Crippen molar-refractivity contribution in [2.75, 3.05) is 19.7 Å². The number of aromatic nitrogens is 3. The summed E-state index contributed by atoms with van der Waals surface area (Å²) in [7, 11) is 0. The number of pyridine rings is 1. The Balaban J connectivity index is 1.28. The van der Waals surface area contributed by atoms with Crippen LogP contribution in [0.1, 0.15) is 41.2 Å². The van der Waals surface area contributed by atoms with Crippen LogP contribution in [0.15, 0.2) is 36.7 Å². The lowest BCUT2D eigenvalue weighted by atomic mass is 10.1. The maximum absolute atomic E-state index is 12.4. The molecular weight excluding hydrogens is 304 g/mol. The number of rotatable bonds is 5. The fraction of sp³-hybridized carbons (Fsp3) is 0.444. The molecule has 1 aliphatic heterocycles. The van der Waals surface area contributed by atoms with Crippen molar-refractivity contribution < 1.29 is 9.53 Å². The first-order valence-corrected chi connectivity index (χ1v) is 8.45. The molecule has 1 saturated heterocycles. The van der Waals surface area contributed by atoms with Crippen LogP contribution < -0.4 is 4.74 Å². The van der Waals surface area contributed by atoms with Crippen molar-refractivity contribution in [3.63, 3.8) is 0 Å². The van der Waals surface area contributed by atoms with E-state index < -0.39 is 0 Å². The van der Waals surface area contributed by atoms with Gasteiger partial charge in [-0.2, -0.15) is 5.10 Å². The molecule has 1 aliphatic carbocycles. The summed E-state index contributed by atoms with van der Waals surface area (Å²) in [5, 5.41) is 8.36. The number of hydrogen-bond donors (Lipinski definition) is 0. The molecule has 0 aromatic carbocycles. The molecule has 0 spiro atoms. The van der Waals surface area contributed by atoms with E-state index in [0.717, 1.165) is 18.7 Å². The molecule has 2 aromatic rings. The van der Waals surface area contributed by atoms with Crippen molar-refractivity contribution in [1.29, 1.82) is 0 Å². The van der Waals surface area contributed by atoms with Gasteiger partial charge in [-0.3, -0.25) is 9.78 Å². The minimum absolute atomic E-state index is 0.0409. The Morgan fingerprint density at radius 2 is 2.12 bits per heavy atom. The van der Waals surface area contributed by atoms with Gasteiger partial charge in [0.2, 0.25) is 5.88 Å². The van der Waals surface area contributed by atoms with Gasteiger partial charge in [-0.1, -0.05) is 0 Å². The van der Waals surface area contributed by atoms with Crippen LogP contribution in [-0.2, 0) is 0 Å². The van der Waals surface area contributed by atoms with Crippen LogP contribution in [0.3, 0.4) is 0 Å². The van der Waals surface area contributed by atoms with Crippen LogP contribution >= 0.6 is 0 Å². The van der Waals surface area contributed by atoms with Crippen molar-refractivity contribution in [3.05, 3.63) is 47.9 Å². The highest BCUT2D eigenvalue weighted by Crippen LogP contribution is 2.38. The topological polar surface area (TPSA) is 68.2 Å². The summed E-state index contributed by atoms with van der Waals surface area (Å²) >= 11 is 0. The van der Waals surface area contributed by atoms with E-state index in [9.17, 15) is 4.79 Å². The standard InChI is InChI=1S/C18H20N4O2/c23-18(15-2-1-8-19-10-15)22-9-7-13(11-22)12-24-17-6-5-16(20-21-17)14-3-4-14/h1-2,5-6,8,10,13-14H,3-4,7,9,11-12H2. The predicted octanol–water partition coefficient (Wildman–Crippen LogP) is 2.29. The van der Waals surface area contributed by atoms with E-state index in [4.69, 9.17) is 4.74 Å². The molecule has 0 N–H and O–H groups in total. The highest BCUT2D eigenvalue weighted by molar-refractivity contribution is 5.94. The Morgan fingerprint density at radius 1 is 1.21 bits per heavy atom. The number of amides is 1. The van der Waals surface area contributed by atoms with Crippen molar-refractivity contribution in [3.8, 4) is 5.88 Å². The Bertz CT molecular complexity index is 701. The summed E-state index contributed by atoms with van der Waals surface area (Å²) in [6, 6.07) is 7.49. The average Bonchev–Trinajstić information content (AvgIpc) is 3.38. The van der Waals surface area contributed by atoms with Gasteiger partial charge in [0.05, 0.1) is 17.9 Å². The summed E-state index contributed by atoms with van der Waals surface area (Å²) in [5.41, 5.74) is 1.71. The van der Waals surface area contributed by atoms with Crippen LogP contribution in [-0.4, -0.2) is 45.7 Å². The fourth-order valence-electron chi connectivity index (χ4n) is 3.03. The van der Waals surface area contributed by atoms with E-state index in [2.05, 4.69) is 15.2 Å². The van der Waals surface area contributed by atoms with Gasteiger partial charge in [-0.05, 0) is 37.5 Å². The zero-order chi connectivity index (χ0) is 16.4. The second-order valence-electron chi connectivity index (χ2n) is 6.53. The zero-order valence-electron chi connectivity index (χ0n) is 13.5. The van der Waals surface area contributed by atoms with Crippen molar-refractivity contribution in [2.45, 2.75) is 25.2 Å². The number of nitrogens with zero attached hydrogens (tertiary/aromatic N) is 4. The Labute approximate surface area is 140 Å². The van der Waals surface area contributed by atoms with E-state index in [1.54, 1.807) is 24.5 Å². The molecule has 124 valence electrons. The third-order valence-electron chi connectivity index (χ3n) is 4.60. The minimum Gasteiger partial charge on any atom is -0.476 e. The monoisotopic (exact) mass is 324 g/mol. The molecule has 4 rings (SSSR count). The molecule has 6 nitrogen and oxygen atoms in total. The minimum atomic E-state index is 0.0409. The average molecular weight is 324 g/mol. The van der Waals surface area contributed by atoms with Crippen LogP contribution in [0.25, 0.3) is 0 Å². The van der Waals surface area contributed by atoms with E-state index in [-0.39, 0.29) is 5.91 Å². The summed E-state index contributed by atoms with van der Waals surface area (Å²) in [5.74, 6) is 1.54. The lowest BCUT2D eigenvalue weighted by Gasteiger charge is -2.16. The second kappa shape index (κ2) is 6.55. The van der Waals surface area contributed by atoms with E-state index in [1.807, 2.05) is 17.0 Å². The van der Waals surface area contributed by atoms with E-state index in [1.165, 1.54) is 12.8 Å².